The summed E-state index contributed by atoms with van der Waals surface area (Å²) in [5.74, 6) is 4.93. The van der Waals surface area contributed by atoms with Crippen LogP contribution >= 0.6 is 0 Å². The molecule has 0 aliphatic heterocycles. The van der Waals surface area contributed by atoms with Gasteiger partial charge in [0, 0.05) is 6.42 Å². The Kier molecular flexibility index (Phi) is 5.07. The van der Waals surface area contributed by atoms with Crippen LogP contribution in [0.3, 0.4) is 0 Å². The maximum Gasteiger partial charge on any atom is 0.104 e. The zero-order chi connectivity index (χ0) is 5.54. The fourth-order valence-corrected chi connectivity index (χ4v) is 0.200. The van der Waals surface area contributed by atoms with E-state index >= 15 is 0 Å². The van der Waals surface area contributed by atoms with Crippen molar-refractivity contribution in [1.82, 2.24) is 0 Å². The molecule has 0 rings (SSSR count). The Balaban J connectivity index is 2.91. The minimum absolute atomic E-state index is 0.0764. The largest absolute Gasteiger partial charge is 0.395 e. The smallest absolute Gasteiger partial charge is 0.104 e. The molecule has 0 atom stereocenters. The van der Waals surface area contributed by atoms with E-state index in [1.54, 1.807) is 0 Å². The maximum absolute atomic E-state index is 8.11. The lowest BCUT2D eigenvalue weighted by atomic mass is 10.4. The second-order valence-corrected chi connectivity index (χ2v) is 0.985. The minimum Gasteiger partial charge on any atom is -0.395 e. The number of aliphatic hydroxyl groups is 2. The summed E-state index contributed by atoms with van der Waals surface area (Å²) in [6.07, 6.45) is 0.459. The molecular formula is C5H8O2. The highest BCUT2D eigenvalue weighted by molar-refractivity contribution is 4.97. The van der Waals surface area contributed by atoms with Crippen LogP contribution in [0.25, 0.3) is 0 Å². The van der Waals surface area contributed by atoms with Crippen molar-refractivity contribution >= 4 is 0 Å². The average Bonchev–Trinajstić information content (AvgIpc) is 1.69. The molecule has 0 saturated carbocycles. The molecule has 0 radical (unpaired) electrons. The van der Waals surface area contributed by atoms with Gasteiger partial charge in [0.15, 0.2) is 0 Å². The number of rotatable bonds is 1. The number of hydrogen-bond donors (Lipinski definition) is 2. The Bertz CT molecular complexity index is 77.8. The Morgan fingerprint density at radius 2 is 1.86 bits per heavy atom. The summed E-state index contributed by atoms with van der Waals surface area (Å²) in [6.45, 7) is -0.0347. The molecule has 2 N–H and O–H groups in total. The fraction of sp³-hybridized carbons (Fsp3) is 0.600. The SMILES string of the molecule is OCC#CCCO. The Labute approximate surface area is 42.8 Å². The lowest BCUT2D eigenvalue weighted by Gasteiger charge is -1.74. The molecule has 0 amide bonds. The van der Waals surface area contributed by atoms with Crippen LogP contribution in [0.2, 0.25) is 0 Å². The molecule has 0 spiro atoms. The third-order valence-corrected chi connectivity index (χ3v) is 0.441. The molecule has 0 aliphatic carbocycles. The Morgan fingerprint density at radius 1 is 1.14 bits per heavy atom. The van der Waals surface area contributed by atoms with E-state index in [0.717, 1.165) is 0 Å². The van der Waals surface area contributed by atoms with Crippen molar-refractivity contribution in [2.45, 2.75) is 6.42 Å². The molecule has 2 heteroatoms. The van der Waals surface area contributed by atoms with Gasteiger partial charge in [-0.15, -0.1) is 0 Å². The van der Waals surface area contributed by atoms with Gasteiger partial charge in [0.1, 0.15) is 6.61 Å². The molecule has 0 aromatic rings. The van der Waals surface area contributed by atoms with Crippen LogP contribution in [0.15, 0.2) is 0 Å². The molecule has 7 heavy (non-hydrogen) atoms. The van der Waals surface area contributed by atoms with Crippen molar-refractivity contribution in [3.05, 3.63) is 0 Å². The predicted molar refractivity (Wildman–Crippen MR) is 26.6 cm³/mol. The van der Waals surface area contributed by atoms with E-state index < -0.39 is 0 Å². The first-order valence-electron chi connectivity index (χ1n) is 2.09. The summed E-state index contributed by atoms with van der Waals surface area (Å²) < 4.78 is 0. The Hall–Kier alpha value is -0.520. The van der Waals surface area contributed by atoms with Gasteiger partial charge in [-0.25, -0.2) is 0 Å². The zero-order valence-electron chi connectivity index (χ0n) is 4.02. The highest BCUT2D eigenvalue weighted by Crippen LogP contribution is 1.66. The molecule has 2 nitrogen and oxygen atoms in total. The first-order valence-corrected chi connectivity index (χ1v) is 2.09. The summed E-state index contributed by atoms with van der Waals surface area (Å²) in [6, 6.07) is 0. The van der Waals surface area contributed by atoms with Crippen molar-refractivity contribution < 1.29 is 10.2 Å². The summed E-state index contributed by atoms with van der Waals surface area (Å²) in [4.78, 5) is 0. The van der Waals surface area contributed by atoms with E-state index in [-0.39, 0.29) is 13.2 Å². The van der Waals surface area contributed by atoms with Gasteiger partial charge in [-0.05, 0) is 0 Å². The van der Waals surface area contributed by atoms with E-state index in [1.165, 1.54) is 0 Å². The predicted octanol–water partition coefficient (Wildman–Crippen LogP) is -0.636. The molecular weight excluding hydrogens is 92.1 g/mol. The summed E-state index contributed by atoms with van der Waals surface area (Å²) in [5, 5.41) is 16.1. The number of aliphatic hydroxyl groups excluding tert-OH is 2. The van der Waals surface area contributed by atoms with Crippen LogP contribution in [0, 0.1) is 11.8 Å². The lowest BCUT2D eigenvalue weighted by Crippen LogP contribution is -1.77. The number of hydrogen-bond acceptors (Lipinski definition) is 2. The fourth-order valence-electron chi connectivity index (χ4n) is 0.200. The van der Waals surface area contributed by atoms with Crippen molar-refractivity contribution in [2.24, 2.45) is 0 Å². The van der Waals surface area contributed by atoms with Crippen LogP contribution < -0.4 is 0 Å². The van der Waals surface area contributed by atoms with Crippen molar-refractivity contribution in [3.63, 3.8) is 0 Å². The third kappa shape index (κ3) is 5.48. The molecule has 0 fully saturated rings. The average molecular weight is 100 g/mol. The summed E-state index contributed by atoms with van der Waals surface area (Å²) in [5.41, 5.74) is 0. The summed E-state index contributed by atoms with van der Waals surface area (Å²) >= 11 is 0. The van der Waals surface area contributed by atoms with Crippen LogP contribution in [-0.4, -0.2) is 23.4 Å². The van der Waals surface area contributed by atoms with Crippen LogP contribution in [0.1, 0.15) is 6.42 Å². The molecule has 0 aromatic carbocycles. The highest BCUT2D eigenvalue weighted by Gasteiger charge is 1.67. The van der Waals surface area contributed by atoms with E-state index in [1.807, 2.05) is 0 Å². The maximum atomic E-state index is 8.11. The standard InChI is InChI=1S/C5H8O2/c6-4-2-1-3-5-7/h6-7H,2,4-5H2. The normalized spacial score (nSPS) is 7.14. The van der Waals surface area contributed by atoms with Gasteiger partial charge in [-0.2, -0.15) is 0 Å². The van der Waals surface area contributed by atoms with Gasteiger partial charge in [0.05, 0.1) is 6.61 Å². The van der Waals surface area contributed by atoms with E-state index in [4.69, 9.17) is 10.2 Å². The molecule has 0 aromatic heterocycles. The van der Waals surface area contributed by atoms with Crippen molar-refractivity contribution in [3.8, 4) is 11.8 Å². The first-order chi connectivity index (χ1) is 3.41. The summed E-state index contributed by atoms with van der Waals surface area (Å²) in [7, 11) is 0. The first kappa shape index (κ1) is 6.48. The molecule has 0 bridgehead atoms. The van der Waals surface area contributed by atoms with E-state index in [0.29, 0.717) is 6.42 Å². The molecule has 0 unspecified atom stereocenters. The van der Waals surface area contributed by atoms with E-state index in [2.05, 4.69) is 11.8 Å². The van der Waals surface area contributed by atoms with Gasteiger partial charge < -0.3 is 10.2 Å². The Morgan fingerprint density at radius 3 is 2.29 bits per heavy atom. The topological polar surface area (TPSA) is 40.5 Å². The van der Waals surface area contributed by atoms with Crippen LogP contribution in [0.4, 0.5) is 0 Å². The molecule has 40 valence electrons. The van der Waals surface area contributed by atoms with Gasteiger partial charge >= 0.3 is 0 Å². The van der Waals surface area contributed by atoms with Gasteiger partial charge in [0.2, 0.25) is 0 Å². The quantitative estimate of drug-likeness (QED) is 0.430. The van der Waals surface area contributed by atoms with Crippen molar-refractivity contribution in [1.29, 1.82) is 0 Å². The highest BCUT2D eigenvalue weighted by atomic mass is 16.3. The van der Waals surface area contributed by atoms with Gasteiger partial charge in [0.25, 0.3) is 0 Å². The van der Waals surface area contributed by atoms with Crippen LogP contribution in [0.5, 0.6) is 0 Å². The molecule has 0 aliphatic rings. The van der Waals surface area contributed by atoms with E-state index in [9.17, 15) is 0 Å². The van der Waals surface area contributed by atoms with Gasteiger partial charge in [-0.3, -0.25) is 0 Å². The third-order valence-electron chi connectivity index (χ3n) is 0.441. The monoisotopic (exact) mass is 100 g/mol. The second-order valence-electron chi connectivity index (χ2n) is 0.985. The lowest BCUT2D eigenvalue weighted by molar-refractivity contribution is 0.304. The molecule has 0 saturated heterocycles. The van der Waals surface area contributed by atoms with Crippen LogP contribution in [-0.2, 0) is 0 Å². The minimum atomic E-state index is -0.111. The zero-order valence-corrected chi connectivity index (χ0v) is 4.02. The second kappa shape index (κ2) is 5.48. The van der Waals surface area contributed by atoms with Crippen molar-refractivity contribution in [2.75, 3.05) is 13.2 Å². The molecule has 0 heterocycles. The van der Waals surface area contributed by atoms with Gasteiger partial charge in [-0.1, -0.05) is 11.8 Å².